The summed E-state index contributed by atoms with van der Waals surface area (Å²) >= 11 is 0. The average molecular weight is 196 g/mol. The van der Waals surface area contributed by atoms with E-state index in [9.17, 15) is 0 Å². The molecule has 82 valence electrons. The van der Waals surface area contributed by atoms with E-state index in [2.05, 4.69) is 24.1 Å². The van der Waals surface area contributed by atoms with Crippen LogP contribution in [0.5, 0.6) is 0 Å². The van der Waals surface area contributed by atoms with Crippen molar-refractivity contribution in [2.75, 3.05) is 26.2 Å². The average Bonchev–Trinajstić information content (AvgIpc) is 2.98. The summed E-state index contributed by atoms with van der Waals surface area (Å²) in [5.74, 6) is 1.87. The van der Waals surface area contributed by atoms with Crippen LogP contribution in [0.15, 0.2) is 0 Å². The molecule has 14 heavy (non-hydrogen) atoms. The van der Waals surface area contributed by atoms with Gasteiger partial charge in [0.15, 0.2) is 0 Å². The van der Waals surface area contributed by atoms with E-state index in [4.69, 9.17) is 0 Å². The maximum absolute atomic E-state index is 3.53. The number of rotatable bonds is 4. The zero-order valence-electron chi connectivity index (χ0n) is 9.63. The van der Waals surface area contributed by atoms with Crippen LogP contribution in [0.25, 0.3) is 0 Å². The minimum atomic E-state index is 0.852. The van der Waals surface area contributed by atoms with Crippen molar-refractivity contribution in [2.45, 2.75) is 39.2 Å². The van der Waals surface area contributed by atoms with Crippen molar-refractivity contribution < 1.29 is 0 Å². The highest BCUT2D eigenvalue weighted by Gasteiger charge is 2.36. The van der Waals surface area contributed by atoms with E-state index in [0.29, 0.717) is 0 Å². The van der Waals surface area contributed by atoms with Gasteiger partial charge in [-0.1, -0.05) is 13.8 Å². The zero-order chi connectivity index (χ0) is 9.97. The minimum absolute atomic E-state index is 0.852. The summed E-state index contributed by atoms with van der Waals surface area (Å²) in [6.07, 6.45) is 4.32. The summed E-state index contributed by atoms with van der Waals surface area (Å²) < 4.78 is 0. The van der Waals surface area contributed by atoms with Crippen LogP contribution in [0.4, 0.5) is 0 Å². The first-order valence-electron chi connectivity index (χ1n) is 6.22. The van der Waals surface area contributed by atoms with Gasteiger partial charge in [0, 0.05) is 25.7 Å². The lowest BCUT2D eigenvalue weighted by Gasteiger charge is -2.36. The Balaban J connectivity index is 1.80. The maximum Gasteiger partial charge on any atom is 0.0249 e. The van der Waals surface area contributed by atoms with Crippen molar-refractivity contribution in [3.63, 3.8) is 0 Å². The van der Waals surface area contributed by atoms with Gasteiger partial charge in [-0.25, -0.2) is 0 Å². The van der Waals surface area contributed by atoms with Gasteiger partial charge in [0.05, 0.1) is 0 Å². The van der Waals surface area contributed by atoms with Gasteiger partial charge in [-0.3, -0.25) is 4.90 Å². The van der Waals surface area contributed by atoms with Gasteiger partial charge >= 0.3 is 0 Å². The predicted molar refractivity (Wildman–Crippen MR) is 60.4 cm³/mol. The Morgan fingerprint density at radius 3 is 2.79 bits per heavy atom. The van der Waals surface area contributed by atoms with E-state index in [1.165, 1.54) is 45.4 Å². The molecule has 2 fully saturated rings. The Labute approximate surface area is 88.1 Å². The van der Waals surface area contributed by atoms with Gasteiger partial charge in [0.2, 0.25) is 0 Å². The SMILES string of the molecule is CC(C)CCN1CCNCC1C1CC1. The fraction of sp³-hybridized carbons (Fsp3) is 1.00. The smallest absolute Gasteiger partial charge is 0.0249 e. The van der Waals surface area contributed by atoms with Gasteiger partial charge in [0.1, 0.15) is 0 Å². The second-order valence-electron chi connectivity index (χ2n) is 5.33. The number of nitrogens with one attached hydrogen (secondary N) is 1. The molecule has 0 radical (unpaired) electrons. The molecule has 0 amide bonds. The number of hydrogen-bond donors (Lipinski definition) is 1. The second kappa shape index (κ2) is 4.63. The number of nitrogens with zero attached hydrogens (tertiary/aromatic N) is 1. The third kappa shape index (κ3) is 2.71. The van der Waals surface area contributed by atoms with Crippen molar-refractivity contribution in [1.82, 2.24) is 10.2 Å². The highest BCUT2D eigenvalue weighted by atomic mass is 15.2. The molecule has 0 bridgehead atoms. The lowest BCUT2D eigenvalue weighted by Crippen LogP contribution is -2.52. The van der Waals surface area contributed by atoms with Crippen molar-refractivity contribution in [1.29, 1.82) is 0 Å². The predicted octanol–water partition coefficient (Wildman–Crippen LogP) is 1.72. The summed E-state index contributed by atoms with van der Waals surface area (Å²) in [5, 5.41) is 3.53. The first-order chi connectivity index (χ1) is 6.77. The molecule has 2 nitrogen and oxygen atoms in total. The van der Waals surface area contributed by atoms with Crippen molar-refractivity contribution in [2.24, 2.45) is 11.8 Å². The Morgan fingerprint density at radius 1 is 1.36 bits per heavy atom. The molecule has 1 aliphatic carbocycles. The topological polar surface area (TPSA) is 15.3 Å². The van der Waals surface area contributed by atoms with E-state index >= 15 is 0 Å². The molecule has 2 aliphatic rings. The quantitative estimate of drug-likeness (QED) is 0.736. The molecular weight excluding hydrogens is 172 g/mol. The van der Waals surface area contributed by atoms with Crippen LogP contribution in [-0.4, -0.2) is 37.1 Å². The second-order valence-corrected chi connectivity index (χ2v) is 5.33. The van der Waals surface area contributed by atoms with Crippen LogP contribution < -0.4 is 5.32 Å². The van der Waals surface area contributed by atoms with Crippen LogP contribution in [0.2, 0.25) is 0 Å². The molecule has 1 atom stereocenters. The molecule has 1 aliphatic heterocycles. The van der Waals surface area contributed by atoms with Gasteiger partial charge in [-0.2, -0.15) is 0 Å². The molecular formula is C12H24N2. The van der Waals surface area contributed by atoms with E-state index < -0.39 is 0 Å². The Hall–Kier alpha value is -0.0800. The van der Waals surface area contributed by atoms with E-state index in [-0.39, 0.29) is 0 Å². The fourth-order valence-corrected chi connectivity index (χ4v) is 2.41. The first kappa shape index (κ1) is 10.4. The highest BCUT2D eigenvalue weighted by Crippen LogP contribution is 2.35. The molecule has 2 heteroatoms. The zero-order valence-corrected chi connectivity index (χ0v) is 9.63. The summed E-state index contributed by atoms with van der Waals surface area (Å²) in [6, 6.07) is 0.863. The van der Waals surface area contributed by atoms with E-state index in [0.717, 1.165) is 17.9 Å². The van der Waals surface area contributed by atoms with Crippen molar-refractivity contribution in [3.05, 3.63) is 0 Å². The lowest BCUT2D eigenvalue weighted by atomic mass is 10.1. The third-order valence-electron chi connectivity index (χ3n) is 3.56. The fourth-order valence-electron chi connectivity index (χ4n) is 2.41. The molecule has 0 spiro atoms. The number of hydrogen-bond acceptors (Lipinski definition) is 2. The Bertz CT molecular complexity index is 175. The molecule has 0 aromatic carbocycles. The maximum atomic E-state index is 3.53. The van der Waals surface area contributed by atoms with Gasteiger partial charge < -0.3 is 5.32 Å². The van der Waals surface area contributed by atoms with Crippen molar-refractivity contribution in [3.8, 4) is 0 Å². The summed E-state index contributed by atoms with van der Waals surface area (Å²) in [7, 11) is 0. The van der Waals surface area contributed by atoms with E-state index in [1.807, 2.05) is 0 Å². The summed E-state index contributed by atoms with van der Waals surface area (Å²) in [6.45, 7) is 9.68. The summed E-state index contributed by atoms with van der Waals surface area (Å²) in [4.78, 5) is 2.73. The molecule has 1 heterocycles. The van der Waals surface area contributed by atoms with Crippen LogP contribution in [0.3, 0.4) is 0 Å². The molecule has 1 unspecified atom stereocenters. The standard InChI is InChI=1S/C12H24N2/c1-10(2)5-7-14-8-6-13-9-12(14)11-3-4-11/h10-13H,3-9H2,1-2H3. The molecule has 1 N–H and O–H groups in total. The van der Waals surface area contributed by atoms with Crippen LogP contribution in [0, 0.1) is 11.8 Å². The van der Waals surface area contributed by atoms with Crippen LogP contribution in [-0.2, 0) is 0 Å². The Morgan fingerprint density at radius 2 is 2.14 bits per heavy atom. The molecule has 0 aromatic rings. The van der Waals surface area contributed by atoms with Crippen LogP contribution >= 0.6 is 0 Å². The minimum Gasteiger partial charge on any atom is -0.314 e. The number of piperazine rings is 1. The monoisotopic (exact) mass is 196 g/mol. The van der Waals surface area contributed by atoms with Crippen LogP contribution in [0.1, 0.15) is 33.1 Å². The van der Waals surface area contributed by atoms with Gasteiger partial charge in [0.25, 0.3) is 0 Å². The van der Waals surface area contributed by atoms with Crippen molar-refractivity contribution >= 4 is 0 Å². The highest BCUT2D eigenvalue weighted by molar-refractivity contribution is 4.92. The molecule has 0 aromatic heterocycles. The van der Waals surface area contributed by atoms with E-state index in [1.54, 1.807) is 0 Å². The Kier molecular flexibility index (Phi) is 3.45. The molecule has 2 rings (SSSR count). The van der Waals surface area contributed by atoms with Gasteiger partial charge in [-0.05, 0) is 37.6 Å². The molecule has 1 saturated carbocycles. The third-order valence-corrected chi connectivity index (χ3v) is 3.56. The lowest BCUT2D eigenvalue weighted by molar-refractivity contribution is 0.137. The van der Waals surface area contributed by atoms with Gasteiger partial charge in [-0.15, -0.1) is 0 Å². The largest absolute Gasteiger partial charge is 0.314 e. The molecule has 1 saturated heterocycles. The summed E-state index contributed by atoms with van der Waals surface area (Å²) in [5.41, 5.74) is 0. The normalized spacial score (nSPS) is 29.8. The first-order valence-corrected chi connectivity index (χ1v) is 6.22.